The molecule has 0 aliphatic carbocycles. The molecule has 1 heterocycles. The number of rotatable bonds is 4. The Morgan fingerprint density at radius 3 is 3.10 bits per heavy atom. The minimum absolute atomic E-state index is 0.0649. The summed E-state index contributed by atoms with van der Waals surface area (Å²) in [6.45, 7) is 2.29. The van der Waals surface area contributed by atoms with Crippen LogP contribution in [0.5, 0.6) is 0 Å². The van der Waals surface area contributed by atoms with E-state index in [-0.39, 0.29) is 5.69 Å². The highest BCUT2D eigenvalue weighted by molar-refractivity contribution is 5.66. The minimum Gasteiger partial charge on any atom is -0.382 e. The zero-order valence-corrected chi connectivity index (χ0v) is 11.2. The second kappa shape index (κ2) is 6.32. The summed E-state index contributed by atoms with van der Waals surface area (Å²) in [5, 5.41) is 22.8. The summed E-state index contributed by atoms with van der Waals surface area (Å²) < 4.78 is 5.29. The van der Waals surface area contributed by atoms with Gasteiger partial charge < -0.3 is 10.1 Å². The second-order valence-electron chi connectivity index (χ2n) is 4.54. The van der Waals surface area contributed by atoms with E-state index in [4.69, 9.17) is 10.00 Å². The van der Waals surface area contributed by atoms with E-state index in [2.05, 4.69) is 16.3 Å². The average molecular weight is 276 g/mol. The van der Waals surface area contributed by atoms with Gasteiger partial charge in [-0.25, -0.2) is 0 Å². The van der Waals surface area contributed by atoms with Crippen molar-refractivity contribution in [2.24, 2.45) is 0 Å². The first-order valence-electron chi connectivity index (χ1n) is 6.33. The van der Waals surface area contributed by atoms with Crippen molar-refractivity contribution in [1.82, 2.24) is 4.90 Å². The van der Waals surface area contributed by atoms with E-state index < -0.39 is 11.0 Å². The monoisotopic (exact) mass is 276 g/mol. The van der Waals surface area contributed by atoms with Crippen molar-refractivity contribution < 1.29 is 9.66 Å². The summed E-state index contributed by atoms with van der Waals surface area (Å²) in [4.78, 5) is 12.7. The predicted molar refractivity (Wildman–Crippen MR) is 73.3 cm³/mol. The SMILES string of the molecule is CNc1c(CN2CCOC(C#N)C2)cccc1[N+](=O)[O-]. The molecule has 0 bridgehead atoms. The number of ether oxygens (including phenoxy) is 1. The van der Waals surface area contributed by atoms with Crippen LogP contribution in [0.25, 0.3) is 0 Å². The largest absolute Gasteiger partial charge is 0.382 e. The Labute approximate surface area is 116 Å². The summed E-state index contributed by atoms with van der Waals surface area (Å²) in [5.74, 6) is 0. The number of nitro groups is 1. The Hall–Kier alpha value is -2.17. The predicted octanol–water partition coefficient (Wildman–Crippen LogP) is 1.36. The van der Waals surface area contributed by atoms with E-state index in [1.54, 1.807) is 13.1 Å². The molecule has 1 atom stereocenters. The number of anilines is 1. The molecule has 0 saturated carbocycles. The molecule has 106 valence electrons. The fourth-order valence-corrected chi connectivity index (χ4v) is 2.32. The first-order chi connectivity index (χ1) is 9.65. The topological polar surface area (TPSA) is 91.4 Å². The summed E-state index contributed by atoms with van der Waals surface area (Å²) >= 11 is 0. The summed E-state index contributed by atoms with van der Waals surface area (Å²) in [7, 11) is 1.67. The Kier molecular flexibility index (Phi) is 4.50. The maximum Gasteiger partial charge on any atom is 0.292 e. The number of hydrogen-bond donors (Lipinski definition) is 1. The van der Waals surface area contributed by atoms with Crippen LogP contribution in [0.15, 0.2) is 18.2 Å². The van der Waals surface area contributed by atoms with Gasteiger partial charge in [0.15, 0.2) is 6.10 Å². The molecule has 1 fully saturated rings. The highest BCUT2D eigenvalue weighted by Gasteiger charge is 2.22. The van der Waals surface area contributed by atoms with Gasteiger partial charge in [-0.3, -0.25) is 15.0 Å². The van der Waals surface area contributed by atoms with E-state index in [9.17, 15) is 10.1 Å². The van der Waals surface area contributed by atoms with Gasteiger partial charge in [-0.15, -0.1) is 0 Å². The smallest absolute Gasteiger partial charge is 0.292 e. The van der Waals surface area contributed by atoms with Crippen molar-refractivity contribution in [3.05, 3.63) is 33.9 Å². The normalized spacial score (nSPS) is 19.3. The van der Waals surface area contributed by atoms with Crippen molar-refractivity contribution in [2.45, 2.75) is 12.6 Å². The van der Waals surface area contributed by atoms with Crippen molar-refractivity contribution in [2.75, 3.05) is 32.1 Å². The lowest BCUT2D eigenvalue weighted by Gasteiger charge is -2.30. The molecule has 7 nitrogen and oxygen atoms in total. The maximum atomic E-state index is 11.0. The maximum absolute atomic E-state index is 11.0. The molecule has 1 N–H and O–H groups in total. The zero-order valence-electron chi connectivity index (χ0n) is 11.2. The molecule has 0 aromatic heterocycles. The van der Waals surface area contributed by atoms with Gasteiger partial charge in [-0.2, -0.15) is 5.26 Å². The quantitative estimate of drug-likeness (QED) is 0.659. The molecule has 2 rings (SSSR count). The molecule has 1 aliphatic heterocycles. The molecule has 1 aromatic carbocycles. The number of nitrogens with one attached hydrogen (secondary N) is 1. The van der Waals surface area contributed by atoms with Crippen molar-refractivity contribution in [1.29, 1.82) is 5.26 Å². The van der Waals surface area contributed by atoms with Crippen molar-refractivity contribution >= 4 is 11.4 Å². The van der Waals surface area contributed by atoms with Crippen LogP contribution in [0.4, 0.5) is 11.4 Å². The van der Waals surface area contributed by atoms with E-state index in [0.29, 0.717) is 31.9 Å². The highest BCUT2D eigenvalue weighted by Crippen LogP contribution is 2.29. The number of benzene rings is 1. The number of nitrogens with zero attached hydrogens (tertiary/aromatic N) is 3. The van der Waals surface area contributed by atoms with E-state index in [1.165, 1.54) is 6.07 Å². The van der Waals surface area contributed by atoms with Gasteiger partial charge in [0.1, 0.15) is 5.69 Å². The second-order valence-corrected chi connectivity index (χ2v) is 4.54. The molecular weight excluding hydrogens is 260 g/mol. The van der Waals surface area contributed by atoms with Crippen LogP contribution < -0.4 is 5.32 Å². The molecule has 1 aromatic rings. The van der Waals surface area contributed by atoms with Crippen LogP contribution in [0.2, 0.25) is 0 Å². The Bertz CT molecular complexity index is 541. The molecule has 1 unspecified atom stereocenters. The highest BCUT2D eigenvalue weighted by atomic mass is 16.6. The molecule has 0 spiro atoms. The van der Waals surface area contributed by atoms with Crippen LogP contribution in [-0.4, -0.2) is 42.7 Å². The summed E-state index contributed by atoms with van der Waals surface area (Å²) in [6, 6.07) is 7.10. The van der Waals surface area contributed by atoms with Crippen LogP contribution in [0.1, 0.15) is 5.56 Å². The summed E-state index contributed by atoms with van der Waals surface area (Å²) in [6.07, 6.45) is -0.430. The van der Waals surface area contributed by atoms with Gasteiger partial charge in [0.2, 0.25) is 0 Å². The molecule has 7 heteroatoms. The van der Waals surface area contributed by atoms with Crippen molar-refractivity contribution in [3.8, 4) is 6.07 Å². The Balaban J connectivity index is 2.19. The van der Waals surface area contributed by atoms with Gasteiger partial charge >= 0.3 is 0 Å². The molecule has 0 amide bonds. The van der Waals surface area contributed by atoms with E-state index in [0.717, 1.165) is 5.56 Å². The lowest BCUT2D eigenvalue weighted by atomic mass is 10.1. The first kappa shape index (κ1) is 14.2. The van der Waals surface area contributed by atoms with Crippen molar-refractivity contribution in [3.63, 3.8) is 0 Å². The van der Waals surface area contributed by atoms with Gasteiger partial charge in [0.05, 0.1) is 17.6 Å². The molecule has 1 aliphatic rings. The molecule has 1 saturated heterocycles. The fraction of sp³-hybridized carbons (Fsp3) is 0.462. The van der Waals surface area contributed by atoms with Gasteiger partial charge in [0, 0.05) is 32.7 Å². The van der Waals surface area contributed by atoms with Crippen LogP contribution in [0, 0.1) is 21.4 Å². The first-order valence-corrected chi connectivity index (χ1v) is 6.33. The lowest BCUT2D eigenvalue weighted by molar-refractivity contribution is -0.384. The van der Waals surface area contributed by atoms with Gasteiger partial charge in [0.25, 0.3) is 5.69 Å². The fourth-order valence-electron chi connectivity index (χ4n) is 2.32. The average Bonchev–Trinajstić information content (AvgIpc) is 2.47. The third kappa shape index (κ3) is 3.04. The van der Waals surface area contributed by atoms with Crippen LogP contribution in [-0.2, 0) is 11.3 Å². The number of hydrogen-bond acceptors (Lipinski definition) is 6. The van der Waals surface area contributed by atoms with E-state index >= 15 is 0 Å². The number of nitriles is 1. The van der Waals surface area contributed by atoms with E-state index in [1.807, 2.05) is 6.07 Å². The number of nitro benzene ring substituents is 1. The van der Waals surface area contributed by atoms with Gasteiger partial charge in [-0.05, 0) is 5.56 Å². The Morgan fingerprint density at radius 1 is 1.65 bits per heavy atom. The zero-order chi connectivity index (χ0) is 14.5. The standard InChI is InChI=1S/C13H16N4O3/c1-15-13-10(3-2-4-12(13)17(18)19)8-16-5-6-20-11(7-14)9-16/h2-4,11,15H,5-6,8-9H2,1H3. The molecule has 0 radical (unpaired) electrons. The Morgan fingerprint density at radius 2 is 2.45 bits per heavy atom. The minimum atomic E-state index is -0.430. The number of para-hydroxylation sites is 1. The molecule has 20 heavy (non-hydrogen) atoms. The van der Waals surface area contributed by atoms with Crippen LogP contribution in [0.3, 0.4) is 0 Å². The third-order valence-electron chi connectivity index (χ3n) is 3.26. The molecular formula is C13H16N4O3. The summed E-state index contributed by atoms with van der Waals surface area (Å²) in [5.41, 5.74) is 1.44. The third-order valence-corrected chi connectivity index (χ3v) is 3.26. The number of morpholine rings is 1. The van der Waals surface area contributed by atoms with Gasteiger partial charge in [-0.1, -0.05) is 12.1 Å². The van der Waals surface area contributed by atoms with Crippen LogP contribution >= 0.6 is 0 Å². The lowest BCUT2D eigenvalue weighted by Crippen LogP contribution is -2.41.